The van der Waals surface area contributed by atoms with E-state index in [-0.39, 0.29) is 0 Å². The van der Waals surface area contributed by atoms with Crippen molar-refractivity contribution >= 4 is 5.82 Å². The van der Waals surface area contributed by atoms with Gasteiger partial charge in [-0.15, -0.1) is 15.3 Å². The van der Waals surface area contributed by atoms with Crippen LogP contribution in [0.1, 0.15) is 55.0 Å². The number of likely N-dealkylation sites (N-methyl/N-ethyl adjacent to an activating group) is 1. The van der Waals surface area contributed by atoms with Gasteiger partial charge in [0.05, 0.1) is 12.2 Å². The number of hydrogen-bond acceptors (Lipinski definition) is 6. The van der Waals surface area contributed by atoms with E-state index in [1.807, 2.05) is 0 Å². The van der Waals surface area contributed by atoms with Crippen LogP contribution in [0.3, 0.4) is 0 Å². The zero-order valence-corrected chi connectivity index (χ0v) is 16.3. The summed E-state index contributed by atoms with van der Waals surface area (Å²) in [4.78, 5) is 4.78. The van der Waals surface area contributed by atoms with Gasteiger partial charge in [-0.25, -0.2) is 0 Å². The highest BCUT2D eigenvalue weighted by atomic mass is 15.4. The first-order chi connectivity index (χ1) is 13.3. The van der Waals surface area contributed by atoms with E-state index in [1.54, 1.807) is 0 Å². The van der Waals surface area contributed by atoms with E-state index < -0.39 is 0 Å². The van der Waals surface area contributed by atoms with E-state index in [0.29, 0.717) is 6.04 Å². The summed E-state index contributed by atoms with van der Waals surface area (Å²) in [6.45, 7) is 3.99. The minimum absolute atomic E-state index is 0.543. The van der Waals surface area contributed by atoms with E-state index in [9.17, 15) is 0 Å². The lowest BCUT2D eigenvalue weighted by atomic mass is 9.96. The molecule has 0 bridgehead atoms. The summed E-state index contributed by atoms with van der Waals surface area (Å²) in [5.41, 5.74) is 2.63. The monoisotopic (exact) mass is 367 g/mol. The first kappa shape index (κ1) is 17.1. The van der Waals surface area contributed by atoms with Crippen LogP contribution in [0, 0.1) is 0 Å². The van der Waals surface area contributed by atoms with Crippen LogP contribution in [0.4, 0.5) is 5.82 Å². The van der Waals surface area contributed by atoms with Crippen molar-refractivity contribution in [2.45, 2.75) is 70.5 Å². The zero-order valence-electron chi connectivity index (χ0n) is 16.3. The fourth-order valence-corrected chi connectivity index (χ4v) is 4.57. The molecule has 2 aromatic rings. The molecule has 1 saturated heterocycles. The fourth-order valence-electron chi connectivity index (χ4n) is 4.57. The van der Waals surface area contributed by atoms with Crippen molar-refractivity contribution in [3.63, 3.8) is 0 Å². The van der Waals surface area contributed by atoms with Crippen molar-refractivity contribution in [3.8, 4) is 0 Å². The first-order valence-corrected chi connectivity index (χ1v) is 10.5. The van der Waals surface area contributed by atoms with Crippen molar-refractivity contribution in [1.29, 1.82) is 0 Å². The van der Waals surface area contributed by atoms with Gasteiger partial charge in [0, 0.05) is 32.1 Å². The third-order valence-electron chi connectivity index (χ3n) is 6.44. The van der Waals surface area contributed by atoms with Crippen LogP contribution in [0.15, 0.2) is 6.07 Å². The molecule has 5 rings (SSSR count). The second-order valence-electron chi connectivity index (χ2n) is 8.35. The largest absolute Gasteiger partial charge is 0.352 e. The quantitative estimate of drug-likeness (QED) is 0.824. The standard InChI is InChI=1S/C20H29N7/c1-25(14-20-24-22-18-9-3-2-6-10-27(18)20)16-12-26(13-16)19-11-15-7-4-5-8-17(15)21-23-19/h11,16H,2-10,12-14H2,1H3. The van der Waals surface area contributed by atoms with Gasteiger partial charge < -0.3 is 9.47 Å². The third-order valence-corrected chi connectivity index (χ3v) is 6.44. The Morgan fingerprint density at radius 2 is 1.81 bits per heavy atom. The van der Waals surface area contributed by atoms with Gasteiger partial charge >= 0.3 is 0 Å². The van der Waals surface area contributed by atoms with Crippen molar-refractivity contribution < 1.29 is 0 Å². The molecule has 1 aliphatic carbocycles. The summed E-state index contributed by atoms with van der Waals surface area (Å²) in [5, 5.41) is 17.9. The van der Waals surface area contributed by atoms with Crippen LogP contribution in [0.25, 0.3) is 0 Å². The Kier molecular flexibility index (Phi) is 4.55. The molecular weight excluding hydrogens is 338 g/mol. The van der Waals surface area contributed by atoms with Crippen LogP contribution in [-0.4, -0.2) is 56.0 Å². The SMILES string of the molecule is CN(Cc1nnc2n1CCCCC2)C1CN(c2cc3c(nn2)CCCC3)C1. The Morgan fingerprint density at radius 1 is 0.963 bits per heavy atom. The maximum Gasteiger partial charge on any atom is 0.151 e. The van der Waals surface area contributed by atoms with Crippen molar-refractivity contribution in [2.24, 2.45) is 0 Å². The van der Waals surface area contributed by atoms with E-state index in [0.717, 1.165) is 57.1 Å². The molecular formula is C20H29N7. The molecule has 0 aromatic carbocycles. The summed E-state index contributed by atoms with van der Waals surface area (Å²) in [6, 6.07) is 2.82. The van der Waals surface area contributed by atoms with E-state index in [2.05, 4.69) is 47.9 Å². The smallest absolute Gasteiger partial charge is 0.151 e. The highest BCUT2D eigenvalue weighted by Gasteiger charge is 2.32. The average molecular weight is 368 g/mol. The molecule has 7 heteroatoms. The molecule has 0 unspecified atom stereocenters. The molecule has 27 heavy (non-hydrogen) atoms. The normalized spacial score (nSPS) is 20.1. The van der Waals surface area contributed by atoms with Gasteiger partial charge in [-0.1, -0.05) is 6.42 Å². The summed E-state index contributed by atoms with van der Waals surface area (Å²) < 4.78 is 2.36. The van der Waals surface area contributed by atoms with Crippen molar-refractivity contribution in [3.05, 3.63) is 29.0 Å². The summed E-state index contributed by atoms with van der Waals surface area (Å²) in [6.07, 6.45) is 9.66. The molecule has 0 radical (unpaired) electrons. The van der Waals surface area contributed by atoms with Crippen molar-refractivity contribution in [2.75, 3.05) is 25.0 Å². The van der Waals surface area contributed by atoms with Gasteiger partial charge in [0.15, 0.2) is 5.82 Å². The lowest BCUT2D eigenvalue weighted by Gasteiger charge is -2.44. The summed E-state index contributed by atoms with van der Waals surface area (Å²) in [7, 11) is 2.21. The van der Waals surface area contributed by atoms with Crippen LogP contribution in [-0.2, 0) is 32.4 Å². The number of fused-ring (bicyclic) bond motifs is 2. The predicted octanol–water partition coefficient (Wildman–Crippen LogP) is 1.99. The number of nitrogens with zero attached hydrogens (tertiary/aromatic N) is 7. The van der Waals surface area contributed by atoms with Gasteiger partial charge in [-0.2, -0.15) is 5.10 Å². The second kappa shape index (κ2) is 7.19. The maximum atomic E-state index is 4.48. The molecule has 2 aromatic heterocycles. The molecule has 0 amide bonds. The highest BCUT2D eigenvalue weighted by molar-refractivity contribution is 5.45. The minimum atomic E-state index is 0.543. The molecule has 0 saturated carbocycles. The van der Waals surface area contributed by atoms with Gasteiger partial charge in [0.2, 0.25) is 0 Å². The number of aromatic nitrogens is 5. The third kappa shape index (κ3) is 3.33. The van der Waals surface area contributed by atoms with Crippen LogP contribution < -0.4 is 4.90 Å². The fraction of sp³-hybridized carbons (Fsp3) is 0.700. The van der Waals surface area contributed by atoms with Crippen LogP contribution in [0.5, 0.6) is 0 Å². The molecule has 0 N–H and O–H groups in total. The molecule has 3 aliphatic rings. The Morgan fingerprint density at radius 3 is 2.74 bits per heavy atom. The van der Waals surface area contributed by atoms with Gasteiger partial charge in [0.25, 0.3) is 0 Å². The van der Waals surface area contributed by atoms with E-state index >= 15 is 0 Å². The number of anilines is 1. The van der Waals surface area contributed by atoms with Crippen molar-refractivity contribution in [1.82, 2.24) is 29.9 Å². The van der Waals surface area contributed by atoms with Gasteiger partial charge in [-0.3, -0.25) is 4.90 Å². The van der Waals surface area contributed by atoms with Gasteiger partial charge in [-0.05, 0) is 57.2 Å². The molecule has 144 valence electrons. The zero-order chi connectivity index (χ0) is 18.2. The number of hydrogen-bond donors (Lipinski definition) is 0. The Bertz CT molecular complexity index is 809. The average Bonchev–Trinajstić information content (AvgIpc) is 2.87. The Balaban J connectivity index is 1.20. The Hall–Kier alpha value is -2.02. The number of rotatable bonds is 4. The molecule has 2 aliphatic heterocycles. The second-order valence-corrected chi connectivity index (χ2v) is 8.35. The topological polar surface area (TPSA) is 63.0 Å². The molecule has 7 nitrogen and oxygen atoms in total. The van der Waals surface area contributed by atoms with E-state index in [1.165, 1.54) is 49.2 Å². The predicted molar refractivity (Wildman–Crippen MR) is 104 cm³/mol. The highest BCUT2D eigenvalue weighted by Crippen LogP contribution is 2.26. The Labute approximate surface area is 160 Å². The van der Waals surface area contributed by atoms with Crippen LogP contribution >= 0.6 is 0 Å². The lowest BCUT2D eigenvalue weighted by Crippen LogP contribution is -2.58. The van der Waals surface area contributed by atoms with Gasteiger partial charge in [0.1, 0.15) is 11.6 Å². The maximum absolute atomic E-state index is 4.48. The molecule has 0 spiro atoms. The molecule has 1 fully saturated rings. The van der Waals surface area contributed by atoms with E-state index in [4.69, 9.17) is 0 Å². The summed E-state index contributed by atoms with van der Waals surface area (Å²) >= 11 is 0. The van der Waals surface area contributed by atoms with Crippen LogP contribution in [0.2, 0.25) is 0 Å². The minimum Gasteiger partial charge on any atom is -0.352 e. The summed E-state index contributed by atoms with van der Waals surface area (Å²) in [5.74, 6) is 3.36. The first-order valence-electron chi connectivity index (χ1n) is 10.5. The lowest BCUT2D eigenvalue weighted by molar-refractivity contribution is 0.189. The molecule has 4 heterocycles. The number of aryl methyl sites for hydroxylation is 3. The molecule has 0 atom stereocenters.